The van der Waals surface area contributed by atoms with Crippen molar-refractivity contribution in [2.24, 2.45) is 5.92 Å². The summed E-state index contributed by atoms with van der Waals surface area (Å²) in [6, 6.07) is 3.70. The van der Waals surface area contributed by atoms with Crippen LogP contribution in [0.1, 0.15) is 25.5 Å². The van der Waals surface area contributed by atoms with Crippen molar-refractivity contribution in [1.29, 1.82) is 0 Å². The van der Waals surface area contributed by atoms with Gasteiger partial charge in [0.05, 0.1) is 31.9 Å². The van der Waals surface area contributed by atoms with Gasteiger partial charge in [0.25, 0.3) is 0 Å². The molecule has 0 radical (unpaired) electrons. The molecule has 2 N–H and O–H groups in total. The SMILES string of the molecule is CC(C)[C@@H](NC(=O)N1CCO[C@@H](CO)C1)c1ccc(Cl)cc1F. The van der Waals surface area contributed by atoms with E-state index >= 15 is 0 Å². The predicted octanol–water partition coefficient (Wildman–Crippen LogP) is 2.58. The standard InChI is InChI=1S/C16H22ClFN2O3/c1-10(2)15(13-4-3-11(17)7-14(13)18)19-16(22)20-5-6-23-12(8-20)9-21/h3-4,7,10,12,15,21H,5-6,8-9H2,1-2H3,(H,19,22)/t12-,15-/m1/s1. The van der Waals surface area contributed by atoms with Crippen LogP contribution >= 0.6 is 11.6 Å². The fourth-order valence-electron chi connectivity index (χ4n) is 2.60. The number of carbonyl (C=O) groups is 1. The number of amides is 2. The minimum Gasteiger partial charge on any atom is -0.394 e. The van der Waals surface area contributed by atoms with Crippen LogP contribution in [0.3, 0.4) is 0 Å². The number of benzene rings is 1. The lowest BCUT2D eigenvalue weighted by molar-refractivity contribution is -0.0406. The molecular weight excluding hydrogens is 323 g/mol. The second-order valence-corrected chi connectivity index (χ2v) is 6.39. The van der Waals surface area contributed by atoms with Crippen molar-refractivity contribution < 1.29 is 19.0 Å². The summed E-state index contributed by atoms with van der Waals surface area (Å²) in [7, 11) is 0. The highest BCUT2D eigenvalue weighted by Gasteiger charge is 2.27. The molecule has 0 unspecified atom stereocenters. The molecule has 0 aliphatic carbocycles. The number of urea groups is 1. The van der Waals surface area contributed by atoms with Gasteiger partial charge >= 0.3 is 6.03 Å². The smallest absolute Gasteiger partial charge is 0.318 e. The molecule has 1 aliphatic rings. The van der Waals surface area contributed by atoms with Crippen molar-refractivity contribution in [2.75, 3.05) is 26.3 Å². The predicted molar refractivity (Wildman–Crippen MR) is 85.9 cm³/mol. The van der Waals surface area contributed by atoms with Crippen LogP contribution in [0.4, 0.5) is 9.18 Å². The largest absolute Gasteiger partial charge is 0.394 e. The Balaban J connectivity index is 2.11. The van der Waals surface area contributed by atoms with Crippen molar-refractivity contribution in [2.45, 2.75) is 26.0 Å². The van der Waals surface area contributed by atoms with Gasteiger partial charge in [-0.25, -0.2) is 9.18 Å². The highest BCUT2D eigenvalue weighted by atomic mass is 35.5. The van der Waals surface area contributed by atoms with E-state index in [4.69, 9.17) is 21.4 Å². The number of rotatable bonds is 4. The third-order valence-electron chi connectivity index (χ3n) is 3.87. The Hall–Kier alpha value is -1.37. The molecule has 1 aromatic rings. The number of aliphatic hydroxyl groups excluding tert-OH is 1. The number of hydrogen-bond donors (Lipinski definition) is 2. The molecule has 0 aromatic heterocycles. The Morgan fingerprint density at radius 3 is 2.91 bits per heavy atom. The molecule has 0 saturated carbocycles. The highest BCUT2D eigenvalue weighted by Crippen LogP contribution is 2.26. The third kappa shape index (κ3) is 4.56. The number of hydrogen-bond acceptors (Lipinski definition) is 3. The minimum atomic E-state index is -0.463. The summed E-state index contributed by atoms with van der Waals surface area (Å²) in [5, 5.41) is 12.3. The number of ether oxygens (including phenoxy) is 1. The van der Waals surface area contributed by atoms with E-state index in [9.17, 15) is 9.18 Å². The maximum Gasteiger partial charge on any atom is 0.318 e. The summed E-state index contributed by atoms with van der Waals surface area (Å²) in [5.41, 5.74) is 0.407. The zero-order chi connectivity index (χ0) is 17.0. The van der Waals surface area contributed by atoms with E-state index in [1.807, 2.05) is 13.8 Å². The van der Waals surface area contributed by atoms with Crippen LogP contribution in [-0.4, -0.2) is 48.4 Å². The van der Waals surface area contributed by atoms with E-state index in [1.165, 1.54) is 6.07 Å². The maximum atomic E-state index is 14.2. The molecule has 2 amide bonds. The molecular formula is C16H22ClFN2O3. The first-order valence-electron chi connectivity index (χ1n) is 7.65. The Bertz CT molecular complexity index is 556. The Kier molecular flexibility index (Phi) is 6.21. The van der Waals surface area contributed by atoms with Gasteiger partial charge in [0.15, 0.2) is 0 Å². The fourth-order valence-corrected chi connectivity index (χ4v) is 2.75. The lowest BCUT2D eigenvalue weighted by atomic mass is 9.95. The monoisotopic (exact) mass is 344 g/mol. The van der Waals surface area contributed by atoms with Gasteiger partial charge in [-0.1, -0.05) is 31.5 Å². The van der Waals surface area contributed by atoms with Gasteiger partial charge in [0.2, 0.25) is 0 Å². The minimum absolute atomic E-state index is 0.00399. The van der Waals surface area contributed by atoms with Gasteiger partial charge in [-0.05, 0) is 18.1 Å². The summed E-state index contributed by atoms with van der Waals surface area (Å²) in [5.74, 6) is -0.434. The van der Waals surface area contributed by atoms with Gasteiger partial charge in [-0.2, -0.15) is 0 Å². The number of halogens is 2. The second kappa shape index (κ2) is 7.95. The first-order valence-corrected chi connectivity index (χ1v) is 8.03. The van der Waals surface area contributed by atoms with E-state index in [0.29, 0.717) is 30.3 Å². The zero-order valence-corrected chi connectivity index (χ0v) is 14.0. The normalized spacial score (nSPS) is 19.7. The Morgan fingerprint density at radius 2 is 2.30 bits per heavy atom. The van der Waals surface area contributed by atoms with Gasteiger partial charge in [0.1, 0.15) is 5.82 Å². The number of carbonyl (C=O) groups excluding carboxylic acids is 1. The summed E-state index contributed by atoms with van der Waals surface area (Å²) < 4.78 is 19.5. The Morgan fingerprint density at radius 1 is 1.57 bits per heavy atom. The van der Waals surface area contributed by atoms with Crippen molar-refractivity contribution in [1.82, 2.24) is 10.2 Å². The lowest BCUT2D eigenvalue weighted by Gasteiger charge is -2.34. The summed E-state index contributed by atoms with van der Waals surface area (Å²) >= 11 is 5.79. The number of nitrogens with one attached hydrogen (secondary N) is 1. The average molecular weight is 345 g/mol. The topological polar surface area (TPSA) is 61.8 Å². The van der Waals surface area contributed by atoms with Crippen LogP contribution in [0.5, 0.6) is 0 Å². The van der Waals surface area contributed by atoms with Crippen LogP contribution in [0.2, 0.25) is 5.02 Å². The van der Waals surface area contributed by atoms with Crippen molar-refractivity contribution in [3.63, 3.8) is 0 Å². The van der Waals surface area contributed by atoms with Crippen molar-refractivity contribution in [3.05, 3.63) is 34.6 Å². The van der Waals surface area contributed by atoms with E-state index in [2.05, 4.69) is 5.32 Å². The van der Waals surface area contributed by atoms with Crippen LogP contribution in [0, 0.1) is 11.7 Å². The molecule has 128 valence electrons. The molecule has 2 atom stereocenters. The molecule has 5 nitrogen and oxygen atoms in total. The Labute approximate surface area is 140 Å². The first kappa shape index (κ1) is 18.0. The second-order valence-electron chi connectivity index (χ2n) is 5.96. The average Bonchev–Trinajstić information content (AvgIpc) is 2.53. The highest BCUT2D eigenvalue weighted by molar-refractivity contribution is 6.30. The molecule has 0 spiro atoms. The molecule has 1 aromatic carbocycles. The van der Waals surface area contributed by atoms with Crippen LogP contribution in [0.25, 0.3) is 0 Å². The van der Waals surface area contributed by atoms with Crippen LogP contribution < -0.4 is 5.32 Å². The molecule has 1 fully saturated rings. The number of aliphatic hydroxyl groups is 1. The molecule has 2 rings (SSSR count). The number of nitrogens with zero attached hydrogens (tertiary/aromatic N) is 1. The summed E-state index contributed by atoms with van der Waals surface area (Å²) in [4.78, 5) is 14.0. The quantitative estimate of drug-likeness (QED) is 0.882. The van der Waals surface area contributed by atoms with E-state index in [0.717, 1.165) is 0 Å². The molecule has 7 heteroatoms. The third-order valence-corrected chi connectivity index (χ3v) is 4.11. The zero-order valence-electron chi connectivity index (χ0n) is 13.3. The molecule has 1 saturated heterocycles. The summed E-state index contributed by atoms with van der Waals surface area (Å²) in [6.07, 6.45) is -0.376. The van der Waals surface area contributed by atoms with E-state index in [1.54, 1.807) is 17.0 Å². The van der Waals surface area contributed by atoms with Gasteiger partial charge in [-0.3, -0.25) is 0 Å². The molecule has 0 bridgehead atoms. The van der Waals surface area contributed by atoms with Crippen molar-refractivity contribution in [3.8, 4) is 0 Å². The van der Waals surface area contributed by atoms with E-state index in [-0.39, 0.29) is 24.7 Å². The molecule has 1 aliphatic heterocycles. The van der Waals surface area contributed by atoms with Gasteiger partial charge < -0.3 is 20.1 Å². The summed E-state index contributed by atoms with van der Waals surface area (Å²) in [6.45, 7) is 4.82. The van der Waals surface area contributed by atoms with Gasteiger partial charge in [0, 0.05) is 17.1 Å². The lowest BCUT2D eigenvalue weighted by Crippen LogP contribution is -2.51. The maximum absolute atomic E-state index is 14.2. The number of morpholine rings is 1. The first-order chi connectivity index (χ1) is 10.9. The van der Waals surface area contributed by atoms with E-state index < -0.39 is 11.9 Å². The molecule has 23 heavy (non-hydrogen) atoms. The van der Waals surface area contributed by atoms with Gasteiger partial charge in [-0.15, -0.1) is 0 Å². The van der Waals surface area contributed by atoms with Crippen LogP contribution in [0.15, 0.2) is 18.2 Å². The fraction of sp³-hybridized carbons (Fsp3) is 0.562. The molecule has 1 heterocycles. The van der Waals surface area contributed by atoms with Crippen molar-refractivity contribution >= 4 is 17.6 Å². The van der Waals surface area contributed by atoms with Crippen LogP contribution in [-0.2, 0) is 4.74 Å².